The van der Waals surface area contributed by atoms with Crippen LogP contribution in [-0.2, 0) is 0 Å². The Balaban J connectivity index is 1.83. The predicted molar refractivity (Wildman–Crippen MR) is 70.3 cm³/mol. The van der Waals surface area contributed by atoms with Crippen LogP contribution < -0.4 is 5.73 Å². The highest BCUT2D eigenvalue weighted by atomic mass is 14.5. The van der Waals surface area contributed by atoms with Gasteiger partial charge in [-0.1, -0.05) is 64.2 Å². The molecule has 1 nitrogen and oxygen atoms in total. The molecule has 0 aromatic rings. The van der Waals surface area contributed by atoms with Gasteiger partial charge in [0.25, 0.3) is 0 Å². The third-order valence-electron chi connectivity index (χ3n) is 4.99. The molecule has 1 heteroatoms. The van der Waals surface area contributed by atoms with E-state index in [4.69, 9.17) is 5.73 Å². The zero-order valence-corrected chi connectivity index (χ0v) is 10.8. The van der Waals surface area contributed by atoms with Crippen molar-refractivity contribution in [2.75, 3.05) is 6.54 Å². The molecule has 3 aliphatic carbocycles. The first-order valence-electron chi connectivity index (χ1n) is 7.58. The number of hydrogen-bond acceptors (Lipinski definition) is 1. The van der Waals surface area contributed by atoms with Gasteiger partial charge in [-0.15, -0.1) is 0 Å². The van der Waals surface area contributed by atoms with Gasteiger partial charge in [0, 0.05) is 0 Å². The largest absolute Gasteiger partial charge is 0.330 e. The minimum Gasteiger partial charge on any atom is -0.330 e. The molecule has 2 N–H and O–H groups in total. The molecule has 0 saturated heterocycles. The van der Waals surface area contributed by atoms with Crippen LogP contribution in [0, 0.1) is 17.8 Å². The SMILES string of the molecule is NCCC1CCCC2CCC(CCC1)CC2. The Hall–Kier alpha value is -0.0400. The second-order valence-electron chi connectivity index (χ2n) is 6.19. The molecule has 3 aliphatic rings. The third kappa shape index (κ3) is 3.76. The van der Waals surface area contributed by atoms with E-state index in [1.54, 1.807) is 0 Å². The molecule has 2 bridgehead atoms. The molecular weight excluding hydrogens is 194 g/mol. The van der Waals surface area contributed by atoms with Crippen molar-refractivity contribution in [3.05, 3.63) is 0 Å². The molecule has 0 radical (unpaired) electrons. The highest BCUT2D eigenvalue weighted by Crippen LogP contribution is 2.36. The number of nitrogens with two attached hydrogens (primary N) is 1. The Morgan fingerprint density at radius 1 is 0.688 bits per heavy atom. The zero-order chi connectivity index (χ0) is 11.2. The van der Waals surface area contributed by atoms with Crippen LogP contribution in [0.4, 0.5) is 0 Å². The van der Waals surface area contributed by atoms with E-state index in [-0.39, 0.29) is 0 Å². The molecule has 0 heterocycles. The van der Waals surface area contributed by atoms with Gasteiger partial charge in [-0.2, -0.15) is 0 Å². The van der Waals surface area contributed by atoms with Crippen LogP contribution in [0.2, 0.25) is 0 Å². The molecule has 0 amide bonds. The summed E-state index contributed by atoms with van der Waals surface area (Å²) >= 11 is 0. The van der Waals surface area contributed by atoms with Crippen molar-refractivity contribution in [2.45, 2.75) is 70.6 Å². The van der Waals surface area contributed by atoms with Gasteiger partial charge in [-0.25, -0.2) is 0 Å². The summed E-state index contributed by atoms with van der Waals surface area (Å²) in [6.45, 7) is 0.900. The molecule has 0 atom stereocenters. The Morgan fingerprint density at radius 3 is 1.62 bits per heavy atom. The Kier molecular flexibility index (Phi) is 5.15. The van der Waals surface area contributed by atoms with Gasteiger partial charge in [-0.3, -0.25) is 0 Å². The summed E-state index contributed by atoms with van der Waals surface area (Å²) in [6.07, 6.45) is 16.3. The maximum absolute atomic E-state index is 5.72. The quantitative estimate of drug-likeness (QED) is 0.749. The maximum atomic E-state index is 5.72. The topological polar surface area (TPSA) is 26.0 Å². The van der Waals surface area contributed by atoms with E-state index in [1.165, 1.54) is 70.6 Å². The van der Waals surface area contributed by atoms with Crippen molar-refractivity contribution >= 4 is 0 Å². The fourth-order valence-electron chi connectivity index (χ4n) is 3.87. The third-order valence-corrected chi connectivity index (χ3v) is 4.99. The molecule has 3 fully saturated rings. The molecule has 0 aliphatic heterocycles. The lowest BCUT2D eigenvalue weighted by Gasteiger charge is -2.27. The van der Waals surface area contributed by atoms with Crippen LogP contribution >= 0.6 is 0 Å². The van der Waals surface area contributed by atoms with Crippen LogP contribution in [0.3, 0.4) is 0 Å². The second kappa shape index (κ2) is 6.64. The van der Waals surface area contributed by atoms with Crippen molar-refractivity contribution in [1.82, 2.24) is 0 Å². The van der Waals surface area contributed by atoms with Gasteiger partial charge in [-0.05, 0) is 30.7 Å². The molecule has 0 aromatic heterocycles. The van der Waals surface area contributed by atoms with Crippen molar-refractivity contribution in [2.24, 2.45) is 23.5 Å². The Labute approximate surface area is 101 Å². The van der Waals surface area contributed by atoms with E-state index < -0.39 is 0 Å². The van der Waals surface area contributed by atoms with E-state index in [9.17, 15) is 0 Å². The standard InChI is InChI=1S/C15H29N/c16-12-11-13-3-1-5-14-7-9-15(10-8-14)6-2-4-13/h13-15H,1-12,16H2. The fourth-order valence-corrected chi connectivity index (χ4v) is 3.87. The van der Waals surface area contributed by atoms with Gasteiger partial charge in [0.15, 0.2) is 0 Å². The van der Waals surface area contributed by atoms with E-state index in [0.717, 1.165) is 24.3 Å². The predicted octanol–water partition coefficient (Wildman–Crippen LogP) is 4.11. The van der Waals surface area contributed by atoms with Crippen LogP contribution in [0.1, 0.15) is 70.6 Å². The normalized spacial score (nSPS) is 36.9. The van der Waals surface area contributed by atoms with Gasteiger partial charge in [0.1, 0.15) is 0 Å². The van der Waals surface area contributed by atoms with Crippen molar-refractivity contribution in [1.29, 1.82) is 0 Å². The first-order valence-corrected chi connectivity index (χ1v) is 7.58. The van der Waals surface area contributed by atoms with Gasteiger partial charge < -0.3 is 5.73 Å². The lowest BCUT2D eigenvalue weighted by molar-refractivity contribution is 0.251. The maximum Gasteiger partial charge on any atom is -0.00746 e. The molecule has 0 aromatic carbocycles. The smallest absolute Gasteiger partial charge is 0.00746 e. The fraction of sp³-hybridized carbons (Fsp3) is 1.00. The van der Waals surface area contributed by atoms with Crippen LogP contribution in [0.15, 0.2) is 0 Å². The summed E-state index contributed by atoms with van der Waals surface area (Å²) < 4.78 is 0. The lowest BCUT2D eigenvalue weighted by Crippen LogP contribution is -2.14. The summed E-state index contributed by atoms with van der Waals surface area (Å²) in [5, 5.41) is 0. The van der Waals surface area contributed by atoms with Gasteiger partial charge in [0.2, 0.25) is 0 Å². The summed E-state index contributed by atoms with van der Waals surface area (Å²) in [7, 11) is 0. The monoisotopic (exact) mass is 223 g/mol. The molecule has 94 valence electrons. The molecule has 0 unspecified atom stereocenters. The first-order chi connectivity index (χ1) is 7.88. The lowest BCUT2D eigenvalue weighted by atomic mass is 9.78. The minimum absolute atomic E-state index is 0.900. The summed E-state index contributed by atoms with van der Waals surface area (Å²) in [5.41, 5.74) is 5.72. The van der Waals surface area contributed by atoms with Crippen LogP contribution in [0.25, 0.3) is 0 Å². The molecule has 3 saturated carbocycles. The highest BCUT2D eigenvalue weighted by molar-refractivity contribution is 4.75. The van der Waals surface area contributed by atoms with Crippen molar-refractivity contribution in [3.8, 4) is 0 Å². The van der Waals surface area contributed by atoms with Crippen molar-refractivity contribution < 1.29 is 0 Å². The van der Waals surface area contributed by atoms with E-state index in [0.29, 0.717) is 0 Å². The summed E-state index contributed by atoms with van der Waals surface area (Å²) in [4.78, 5) is 0. The molecular formula is C15H29N. The van der Waals surface area contributed by atoms with Crippen LogP contribution in [-0.4, -0.2) is 6.54 Å². The number of rotatable bonds is 2. The molecule has 0 spiro atoms. The van der Waals surface area contributed by atoms with Gasteiger partial charge in [0.05, 0.1) is 0 Å². The highest BCUT2D eigenvalue weighted by Gasteiger charge is 2.22. The average molecular weight is 223 g/mol. The van der Waals surface area contributed by atoms with E-state index in [1.807, 2.05) is 0 Å². The second-order valence-corrected chi connectivity index (χ2v) is 6.19. The summed E-state index contributed by atoms with van der Waals surface area (Å²) in [5.74, 6) is 3.10. The Morgan fingerprint density at radius 2 is 1.19 bits per heavy atom. The average Bonchev–Trinajstić information content (AvgIpc) is 2.37. The van der Waals surface area contributed by atoms with Crippen molar-refractivity contribution in [3.63, 3.8) is 0 Å². The molecule has 3 rings (SSSR count). The van der Waals surface area contributed by atoms with Gasteiger partial charge >= 0.3 is 0 Å². The summed E-state index contributed by atoms with van der Waals surface area (Å²) in [6, 6.07) is 0. The van der Waals surface area contributed by atoms with E-state index >= 15 is 0 Å². The number of hydrogen-bond donors (Lipinski definition) is 1. The minimum atomic E-state index is 0.900. The first kappa shape index (κ1) is 12.4. The molecule has 16 heavy (non-hydrogen) atoms. The zero-order valence-electron chi connectivity index (χ0n) is 10.8. The Bertz CT molecular complexity index is 164. The number of fused-ring (bicyclic) bond motifs is 8. The van der Waals surface area contributed by atoms with Crippen LogP contribution in [0.5, 0.6) is 0 Å². The van der Waals surface area contributed by atoms with E-state index in [2.05, 4.69) is 0 Å².